The van der Waals surface area contributed by atoms with E-state index in [1.807, 2.05) is 19.1 Å². The van der Waals surface area contributed by atoms with E-state index in [1.165, 1.54) is 18.4 Å². The van der Waals surface area contributed by atoms with E-state index in [9.17, 15) is 4.79 Å². The van der Waals surface area contributed by atoms with Crippen LogP contribution in [-0.4, -0.2) is 5.91 Å². The van der Waals surface area contributed by atoms with E-state index in [1.54, 1.807) is 0 Å². The lowest BCUT2D eigenvalue weighted by atomic mass is 9.94. The third kappa shape index (κ3) is 3.37. The molecule has 0 bridgehead atoms. The monoisotopic (exact) mass is 219 g/mol. The zero-order chi connectivity index (χ0) is 12.0. The van der Waals surface area contributed by atoms with Crippen LogP contribution < -0.4 is 5.73 Å². The van der Waals surface area contributed by atoms with Crippen molar-refractivity contribution in [3.63, 3.8) is 0 Å². The Morgan fingerprint density at radius 2 is 1.88 bits per heavy atom. The van der Waals surface area contributed by atoms with Gasteiger partial charge in [0.1, 0.15) is 0 Å². The molecule has 0 aliphatic heterocycles. The second-order valence-corrected chi connectivity index (χ2v) is 4.21. The molecule has 1 amide bonds. The Bertz CT molecular complexity index is 329. The van der Waals surface area contributed by atoms with Crippen LogP contribution in [-0.2, 0) is 11.2 Å². The van der Waals surface area contributed by atoms with Crippen molar-refractivity contribution in [3.05, 3.63) is 35.4 Å². The van der Waals surface area contributed by atoms with Gasteiger partial charge in [0.2, 0.25) is 5.91 Å². The highest BCUT2D eigenvalue weighted by molar-refractivity contribution is 5.81. The van der Waals surface area contributed by atoms with Crippen molar-refractivity contribution in [1.82, 2.24) is 0 Å². The minimum Gasteiger partial charge on any atom is -0.369 e. The number of nitrogens with two attached hydrogens (primary N) is 1. The van der Waals surface area contributed by atoms with Crippen molar-refractivity contribution in [2.45, 2.75) is 45.4 Å². The van der Waals surface area contributed by atoms with Gasteiger partial charge in [-0.1, -0.05) is 44.5 Å². The van der Waals surface area contributed by atoms with Gasteiger partial charge in [-0.25, -0.2) is 0 Å². The first-order valence-electron chi connectivity index (χ1n) is 6.07. The average molecular weight is 219 g/mol. The van der Waals surface area contributed by atoms with Crippen LogP contribution in [0.15, 0.2) is 24.3 Å². The summed E-state index contributed by atoms with van der Waals surface area (Å²) < 4.78 is 0. The third-order valence-electron chi connectivity index (χ3n) is 2.95. The van der Waals surface area contributed by atoms with Gasteiger partial charge < -0.3 is 5.73 Å². The summed E-state index contributed by atoms with van der Waals surface area (Å²) in [6.45, 7) is 4.18. The Morgan fingerprint density at radius 3 is 2.31 bits per heavy atom. The first-order chi connectivity index (χ1) is 7.69. The molecular formula is C14H21NO. The zero-order valence-corrected chi connectivity index (χ0v) is 10.2. The lowest BCUT2D eigenvalue weighted by Gasteiger charge is -2.11. The van der Waals surface area contributed by atoms with Crippen LogP contribution >= 0.6 is 0 Å². The van der Waals surface area contributed by atoms with Gasteiger partial charge >= 0.3 is 0 Å². The Hall–Kier alpha value is -1.31. The molecule has 0 heterocycles. The van der Waals surface area contributed by atoms with Crippen molar-refractivity contribution in [2.75, 3.05) is 0 Å². The highest BCUT2D eigenvalue weighted by atomic mass is 16.1. The highest BCUT2D eigenvalue weighted by Gasteiger charge is 2.14. The number of unbranched alkanes of at least 4 members (excludes halogenated alkanes) is 1. The largest absolute Gasteiger partial charge is 0.369 e. The Morgan fingerprint density at radius 1 is 1.25 bits per heavy atom. The van der Waals surface area contributed by atoms with E-state index >= 15 is 0 Å². The molecule has 2 N–H and O–H groups in total. The lowest BCUT2D eigenvalue weighted by Crippen LogP contribution is -2.20. The summed E-state index contributed by atoms with van der Waals surface area (Å²) in [4.78, 5) is 11.2. The predicted molar refractivity (Wildman–Crippen MR) is 67.3 cm³/mol. The van der Waals surface area contributed by atoms with Crippen LogP contribution in [0.2, 0.25) is 0 Å². The van der Waals surface area contributed by atoms with E-state index in [0.29, 0.717) is 0 Å². The number of rotatable bonds is 6. The molecule has 0 aliphatic rings. The first-order valence-corrected chi connectivity index (χ1v) is 6.07. The van der Waals surface area contributed by atoms with Crippen molar-refractivity contribution < 1.29 is 4.79 Å². The molecule has 0 fully saturated rings. The Balaban J connectivity index is 2.73. The number of amides is 1. The van der Waals surface area contributed by atoms with E-state index in [0.717, 1.165) is 18.4 Å². The molecule has 1 unspecified atom stereocenters. The summed E-state index contributed by atoms with van der Waals surface area (Å²) in [5.74, 6) is -0.371. The summed E-state index contributed by atoms with van der Waals surface area (Å²) in [7, 11) is 0. The third-order valence-corrected chi connectivity index (χ3v) is 2.95. The summed E-state index contributed by atoms with van der Waals surface area (Å²) in [6.07, 6.45) is 4.31. The summed E-state index contributed by atoms with van der Waals surface area (Å²) in [5.41, 5.74) is 7.73. The zero-order valence-electron chi connectivity index (χ0n) is 10.2. The first kappa shape index (κ1) is 12.8. The fourth-order valence-electron chi connectivity index (χ4n) is 1.90. The van der Waals surface area contributed by atoms with Crippen molar-refractivity contribution in [1.29, 1.82) is 0 Å². The summed E-state index contributed by atoms with van der Waals surface area (Å²) >= 11 is 0. The van der Waals surface area contributed by atoms with E-state index in [2.05, 4.69) is 19.1 Å². The van der Waals surface area contributed by atoms with Crippen LogP contribution in [0.3, 0.4) is 0 Å². The topological polar surface area (TPSA) is 43.1 Å². The molecule has 0 saturated heterocycles. The van der Waals surface area contributed by atoms with E-state index < -0.39 is 0 Å². The minimum absolute atomic E-state index is 0.139. The number of carbonyl (C=O) groups is 1. The second kappa shape index (κ2) is 6.31. The van der Waals surface area contributed by atoms with Crippen LogP contribution in [0, 0.1) is 0 Å². The van der Waals surface area contributed by atoms with Crippen LogP contribution in [0.5, 0.6) is 0 Å². The average Bonchev–Trinajstić information content (AvgIpc) is 2.28. The fourth-order valence-corrected chi connectivity index (χ4v) is 1.90. The van der Waals surface area contributed by atoms with Gasteiger partial charge in [-0.05, 0) is 30.4 Å². The summed E-state index contributed by atoms with van der Waals surface area (Å²) in [5, 5.41) is 0. The molecule has 1 atom stereocenters. The SMILES string of the molecule is CCCCc1ccc(C(CC)C(N)=O)cc1. The number of carbonyl (C=O) groups excluding carboxylic acids is 1. The Kier molecular flexibility index (Phi) is 5.03. The number of primary amides is 1. The maximum Gasteiger partial charge on any atom is 0.224 e. The number of aryl methyl sites for hydroxylation is 1. The molecule has 0 saturated carbocycles. The van der Waals surface area contributed by atoms with E-state index in [4.69, 9.17) is 5.73 Å². The molecule has 1 rings (SSSR count). The van der Waals surface area contributed by atoms with Gasteiger partial charge in [0.25, 0.3) is 0 Å². The quantitative estimate of drug-likeness (QED) is 0.785. The predicted octanol–water partition coefficient (Wildman–Crippen LogP) is 3.01. The number of benzene rings is 1. The smallest absolute Gasteiger partial charge is 0.224 e. The molecule has 88 valence electrons. The van der Waals surface area contributed by atoms with Crippen molar-refractivity contribution >= 4 is 5.91 Å². The molecular weight excluding hydrogens is 198 g/mol. The van der Waals surface area contributed by atoms with Gasteiger partial charge in [-0.3, -0.25) is 4.79 Å². The highest BCUT2D eigenvalue weighted by Crippen LogP contribution is 2.19. The van der Waals surface area contributed by atoms with Gasteiger partial charge in [0.05, 0.1) is 5.92 Å². The molecule has 16 heavy (non-hydrogen) atoms. The maximum atomic E-state index is 11.2. The molecule has 2 heteroatoms. The second-order valence-electron chi connectivity index (χ2n) is 4.21. The number of hydrogen-bond acceptors (Lipinski definition) is 1. The van der Waals surface area contributed by atoms with Crippen LogP contribution in [0.1, 0.15) is 50.2 Å². The molecule has 2 nitrogen and oxygen atoms in total. The van der Waals surface area contributed by atoms with Gasteiger partial charge in [-0.15, -0.1) is 0 Å². The van der Waals surface area contributed by atoms with Crippen molar-refractivity contribution in [2.24, 2.45) is 5.73 Å². The molecule has 1 aromatic rings. The standard InChI is InChI=1S/C14H21NO/c1-3-5-6-11-7-9-12(10-8-11)13(4-2)14(15)16/h7-10,13H,3-6H2,1-2H3,(H2,15,16). The Labute approximate surface area is 97.9 Å². The molecule has 0 radical (unpaired) electrons. The fraction of sp³-hybridized carbons (Fsp3) is 0.500. The van der Waals surface area contributed by atoms with Crippen LogP contribution in [0.4, 0.5) is 0 Å². The minimum atomic E-state index is -0.233. The van der Waals surface area contributed by atoms with Gasteiger partial charge in [-0.2, -0.15) is 0 Å². The maximum absolute atomic E-state index is 11.2. The van der Waals surface area contributed by atoms with Crippen LogP contribution in [0.25, 0.3) is 0 Å². The molecule has 0 spiro atoms. The summed E-state index contributed by atoms with van der Waals surface area (Å²) in [6, 6.07) is 8.28. The van der Waals surface area contributed by atoms with Gasteiger partial charge in [0.15, 0.2) is 0 Å². The molecule has 1 aromatic carbocycles. The van der Waals surface area contributed by atoms with Crippen molar-refractivity contribution in [3.8, 4) is 0 Å². The molecule has 0 aromatic heterocycles. The normalized spacial score (nSPS) is 12.4. The lowest BCUT2D eigenvalue weighted by molar-refractivity contribution is -0.119. The van der Waals surface area contributed by atoms with E-state index in [-0.39, 0.29) is 11.8 Å². The molecule has 0 aliphatic carbocycles. The van der Waals surface area contributed by atoms with Gasteiger partial charge in [0, 0.05) is 0 Å². The number of hydrogen-bond donors (Lipinski definition) is 1.